The Bertz CT molecular complexity index is 425. The molecule has 0 aromatic heterocycles. The Hall–Kier alpha value is -1.23. The van der Waals surface area contributed by atoms with E-state index >= 15 is 0 Å². The Kier molecular flexibility index (Phi) is 6.36. The second-order valence-corrected chi connectivity index (χ2v) is 6.12. The second-order valence-electron chi connectivity index (χ2n) is 6.12. The van der Waals surface area contributed by atoms with Crippen LogP contribution >= 0.6 is 0 Å². The molecule has 116 valence electrons. The molecule has 0 amide bonds. The van der Waals surface area contributed by atoms with E-state index in [0.29, 0.717) is 18.7 Å². The van der Waals surface area contributed by atoms with E-state index in [4.69, 9.17) is 0 Å². The van der Waals surface area contributed by atoms with Crippen molar-refractivity contribution in [3.8, 4) is 0 Å². The highest BCUT2D eigenvalue weighted by Gasteiger charge is 2.18. The van der Waals surface area contributed by atoms with Crippen LogP contribution in [0.5, 0.6) is 0 Å². The van der Waals surface area contributed by atoms with Gasteiger partial charge in [0, 0.05) is 45.7 Å². The van der Waals surface area contributed by atoms with Gasteiger partial charge in [-0.1, -0.05) is 30.3 Å². The van der Waals surface area contributed by atoms with Crippen molar-refractivity contribution in [1.29, 1.82) is 0 Å². The van der Waals surface area contributed by atoms with Crippen molar-refractivity contribution < 1.29 is 4.79 Å². The first-order valence-corrected chi connectivity index (χ1v) is 7.78. The summed E-state index contributed by atoms with van der Waals surface area (Å²) in [5.74, 6) is 0.322. The summed E-state index contributed by atoms with van der Waals surface area (Å²) < 4.78 is 0. The van der Waals surface area contributed by atoms with Crippen LogP contribution in [-0.4, -0.2) is 80.4 Å². The minimum absolute atomic E-state index is 0.322. The van der Waals surface area contributed by atoms with Crippen LogP contribution in [0.3, 0.4) is 0 Å². The monoisotopic (exact) mass is 289 g/mol. The van der Waals surface area contributed by atoms with Gasteiger partial charge in [-0.3, -0.25) is 14.6 Å². The van der Waals surface area contributed by atoms with Gasteiger partial charge >= 0.3 is 0 Å². The zero-order valence-corrected chi connectivity index (χ0v) is 13.3. The molecule has 0 bridgehead atoms. The molecule has 0 saturated carbocycles. The number of hydrogen-bond acceptors (Lipinski definition) is 4. The molecule has 0 atom stereocenters. The van der Waals surface area contributed by atoms with Gasteiger partial charge in [0.15, 0.2) is 5.78 Å². The number of ketones is 1. The average molecular weight is 289 g/mol. The molecule has 1 aliphatic rings. The average Bonchev–Trinajstić information content (AvgIpc) is 2.47. The van der Waals surface area contributed by atoms with Gasteiger partial charge in [0.25, 0.3) is 0 Å². The summed E-state index contributed by atoms with van der Waals surface area (Å²) in [6.07, 6.45) is 0.557. The van der Waals surface area contributed by atoms with Gasteiger partial charge in [-0.05, 0) is 19.7 Å². The van der Waals surface area contributed by atoms with E-state index in [1.165, 1.54) is 0 Å². The van der Waals surface area contributed by atoms with E-state index < -0.39 is 0 Å². The lowest BCUT2D eigenvalue weighted by molar-refractivity contribution is -0.120. The molecule has 1 saturated heterocycles. The largest absolute Gasteiger partial charge is 0.308 e. The number of Topliss-reactive ketones (excluding diaryl/α,β-unsaturated/α-hetero) is 1. The maximum Gasteiger partial charge on any atom is 0.151 e. The SMILES string of the molecule is CN(C)CCN1CCN(CC(=O)Cc2ccccc2)CC1. The fraction of sp³-hybridized carbons (Fsp3) is 0.588. The number of rotatable bonds is 7. The van der Waals surface area contributed by atoms with Crippen molar-refractivity contribution in [3.63, 3.8) is 0 Å². The maximum atomic E-state index is 12.1. The number of nitrogens with zero attached hydrogens (tertiary/aromatic N) is 3. The van der Waals surface area contributed by atoms with E-state index in [9.17, 15) is 4.79 Å². The lowest BCUT2D eigenvalue weighted by Crippen LogP contribution is -2.49. The third-order valence-corrected chi connectivity index (χ3v) is 3.97. The lowest BCUT2D eigenvalue weighted by Gasteiger charge is -2.34. The Morgan fingerprint density at radius 1 is 1.05 bits per heavy atom. The van der Waals surface area contributed by atoms with Crippen LogP contribution in [0.25, 0.3) is 0 Å². The minimum atomic E-state index is 0.322. The molecule has 1 heterocycles. The first-order valence-electron chi connectivity index (χ1n) is 7.78. The number of carbonyl (C=O) groups is 1. The number of hydrogen-bond donors (Lipinski definition) is 0. The first kappa shape index (κ1) is 16.1. The number of likely N-dealkylation sites (N-methyl/N-ethyl adjacent to an activating group) is 1. The summed E-state index contributed by atoms with van der Waals surface area (Å²) >= 11 is 0. The van der Waals surface area contributed by atoms with Crippen molar-refractivity contribution in [1.82, 2.24) is 14.7 Å². The third kappa shape index (κ3) is 5.96. The topological polar surface area (TPSA) is 26.8 Å². The molecule has 0 radical (unpaired) electrons. The number of carbonyl (C=O) groups excluding carboxylic acids is 1. The highest BCUT2D eigenvalue weighted by atomic mass is 16.1. The summed E-state index contributed by atoms with van der Waals surface area (Å²) in [4.78, 5) is 19.1. The molecule has 2 rings (SSSR count). The molecule has 4 nitrogen and oxygen atoms in total. The van der Waals surface area contributed by atoms with Gasteiger partial charge in [0.1, 0.15) is 0 Å². The van der Waals surface area contributed by atoms with Crippen LogP contribution in [0, 0.1) is 0 Å². The Morgan fingerprint density at radius 3 is 2.29 bits per heavy atom. The molecule has 4 heteroatoms. The standard InChI is InChI=1S/C17H27N3O/c1-18(2)8-9-19-10-12-20(13-11-19)15-17(21)14-16-6-4-3-5-7-16/h3-7H,8-15H2,1-2H3. The maximum absolute atomic E-state index is 12.1. The van der Waals surface area contributed by atoms with Gasteiger partial charge < -0.3 is 4.90 Å². The molecule has 1 aromatic carbocycles. The van der Waals surface area contributed by atoms with Gasteiger partial charge in [0.2, 0.25) is 0 Å². The van der Waals surface area contributed by atoms with E-state index in [-0.39, 0.29) is 0 Å². The minimum Gasteiger partial charge on any atom is -0.308 e. The van der Waals surface area contributed by atoms with Crippen LogP contribution in [0.15, 0.2) is 30.3 Å². The van der Waals surface area contributed by atoms with Crippen molar-refractivity contribution in [2.24, 2.45) is 0 Å². The molecular weight excluding hydrogens is 262 g/mol. The molecule has 1 aromatic rings. The zero-order valence-electron chi connectivity index (χ0n) is 13.3. The van der Waals surface area contributed by atoms with Crippen LogP contribution in [-0.2, 0) is 11.2 Å². The van der Waals surface area contributed by atoms with Gasteiger partial charge in [-0.25, -0.2) is 0 Å². The molecule has 1 aliphatic heterocycles. The van der Waals surface area contributed by atoms with E-state index in [2.05, 4.69) is 28.8 Å². The Labute approximate surface area is 128 Å². The summed E-state index contributed by atoms with van der Waals surface area (Å²) in [5, 5.41) is 0. The van der Waals surface area contributed by atoms with E-state index in [1.807, 2.05) is 30.3 Å². The Morgan fingerprint density at radius 2 is 1.67 bits per heavy atom. The predicted molar refractivity (Wildman–Crippen MR) is 86.6 cm³/mol. The smallest absolute Gasteiger partial charge is 0.151 e. The normalized spacial score (nSPS) is 17.3. The van der Waals surface area contributed by atoms with Crippen LogP contribution in [0.4, 0.5) is 0 Å². The van der Waals surface area contributed by atoms with Crippen molar-refractivity contribution in [3.05, 3.63) is 35.9 Å². The van der Waals surface area contributed by atoms with E-state index in [0.717, 1.165) is 44.8 Å². The molecule has 0 N–H and O–H groups in total. The summed E-state index contributed by atoms with van der Waals surface area (Å²) in [6.45, 7) is 6.99. The van der Waals surface area contributed by atoms with Crippen molar-refractivity contribution >= 4 is 5.78 Å². The highest BCUT2D eigenvalue weighted by Crippen LogP contribution is 2.04. The zero-order chi connectivity index (χ0) is 15.1. The first-order chi connectivity index (χ1) is 10.1. The molecule has 0 spiro atoms. The van der Waals surface area contributed by atoms with Gasteiger partial charge in [-0.15, -0.1) is 0 Å². The van der Waals surface area contributed by atoms with Crippen LogP contribution < -0.4 is 0 Å². The predicted octanol–water partition coefficient (Wildman–Crippen LogP) is 0.977. The summed E-state index contributed by atoms with van der Waals surface area (Å²) in [5.41, 5.74) is 1.12. The van der Waals surface area contributed by atoms with Gasteiger partial charge in [-0.2, -0.15) is 0 Å². The van der Waals surface area contributed by atoms with E-state index in [1.54, 1.807) is 0 Å². The molecule has 1 fully saturated rings. The van der Waals surface area contributed by atoms with Crippen molar-refractivity contribution in [2.45, 2.75) is 6.42 Å². The molecule has 0 unspecified atom stereocenters. The summed E-state index contributed by atoms with van der Waals surface area (Å²) in [7, 11) is 4.22. The molecule has 0 aliphatic carbocycles. The number of benzene rings is 1. The quantitative estimate of drug-likeness (QED) is 0.747. The number of piperazine rings is 1. The Balaban J connectivity index is 1.67. The third-order valence-electron chi connectivity index (χ3n) is 3.97. The highest BCUT2D eigenvalue weighted by molar-refractivity contribution is 5.82. The van der Waals surface area contributed by atoms with Crippen molar-refractivity contribution in [2.75, 3.05) is 59.9 Å². The lowest BCUT2D eigenvalue weighted by atomic mass is 10.1. The van der Waals surface area contributed by atoms with Crippen LogP contribution in [0.1, 0.15) is 5.56 Å². The summed E-state index contributed by atoms with van der Waals surface area (Å²) in [6, 6.07) is 10.0. The van der Waals surface area contributed by atoms with Crippen LogP contribution in [0.2, 0.25) is 0 Å². The fourth-order valence-corrected chi connectivity index (χ4v) is 2.64. The second kappa shape index (κ2) is 8.27. The molecular formula is C17H27N3O. The van der Waals surface area contributed by atoms with Gasteiger partial charge in [0.05, 0.1) is 6.54 Å². The molecule has 21 heavy (non-hydrogen) atoms. The fourth-order valence-electron chi connectivity index (χ4n) is 2.64.